The Morgan fingerprint density at radius 2 is 1.41 bits per heavy atom. The maximum absolute atomic E-state index is 12.6. The zero-order chi connectivity index (χ0) is 21.4. The van der Waals surface area contributed by atoms with Gasteiger partial charge in [-0.2, -0.15) is 0 Å². The van der Waals surface area contributed by atoms with Crippen LogP contribution in [0.3, 0.4) is 0 Å². The predicted octanol–water partition coefficient (Wildman–Crippen LogP) is 2.19. The average molecular weight is 406 g/mol. The van der Waals surface area contributed by atoms with E-state index in [1.165, 1.54) is 25.9 Å². The molecule has 2 heterocycles. The molecule has 1 aromatic rings. The number of carbonyl (C=O) groups excluding carboxylic acids is 1. The van der Waals surface area contributed by atoms with Gasteiger partial charge in [-0.1, -0.05) is 6.92 Å². The van der Waals surface area contributed by atoms with Crippen LogP contribution < -0.4 is 4.74 Å². The zero-order valence-electron chi connectivity index (χ0n) is 17.0. The normalized spacial score (nSPS) is 18.5. The molecular formula is C21H30N2O6. The van der Waals surface area contributed by atoms with E-state index in [1.807, 2.05) is 29.2 Å². The number of ether oxygens (including phenoxy) is 1. The zero-order valence-corrected chi connectivity index (χ0v) is 17.0. The minimum atomic E-state index is -1.82. The molecule has 2 N–H and O–H groups in total. The van der Waals surface area contributed by atoms with Crippen molar-refractivity contribution in [1.82, 2.24) is 9.80 Å². The smallest absolute Gasteiger partial charge is 0.414 e. The third-order valence-electron chi connectivity index (χ3n) is 5.61. The Bertz CT molecular complexity index is 678. The van der Waals surface area contributed by atoms with Crippen LogP contribution in [-0.2, 0) is 9.59 Å². The van der Waals surface area contributed by atoms with Crippen LogP contribution in [0.1, 0.15) is 43.0 Å². The van der Waals surface area contributed by atoms with Gasteiger partial charge in [-0.15, -0.1) is 0 Å². The number of likely N-dealkylation sites (tertiary alicyclic amines) is 2. The number of carboxylic acid groups (broad SMARTS) is 2. The number of methoxy groups -OCH3 is 1. The van der Waals surface area contributed by atoms with Gasteiger partial charge in [-0.05, 0) is 69.0 Å². The molecule has 2 aliphatic rings. The number of aliphatic carboxylic acids is 2. The van der Waals surface area contributed by atoms with Crippen LogP contribution in [0.2, 0.25) is 0 Å². The van der Waals surface area contributed by atoms with Crippen molar-refractivity contribution in [3.63, 3.8) is 0 Å². The average Bonchev–Trinajstić information content (AvgIpc) is 2.74. The Morgan fingerprint density at radius 1 is 0.897 bits per heavy atom. The highest BCUT2D eigenvalue weighted by Gasteiger charge is 2.29. The van der Waals surface area contributed by atoms with Gasteiger partial charge in [-0.3, -0.25) is 4.79 Å². The molecule has 0 aliphatic carbocycles. The Labute approximate surface area is 171 Å². The van der Waals surface area contributed by atoms with Crippen molar-refractivity contribution >= 4 is 17.8 Å². The molecule has 29 heavy (non-hydrogen) atoms. The van der Waals surface area contributed by atoms with Crippen molar-refractivity contribution < 1.29 is 29.3 Å². The fourth-order valence-corrected chi connectivity index (χ4v) is 3.74. The number of rotatable bonds is 3. The molecule has 0 unspecified atom stereocenters. The highest BCUT2D eigenvalue weighted by atomic mass is 16.5. The lowest BCUT2D eigenvalue weighted by molar-refractivity contribution is -0.159. The first kappa shape index (κ1) is 22.7. The number of hydrogen-bond donors (Lipinski definition) is 2. The first-order valence-corrected chi connectivity index (χ1v) is 9.95. The molecule has 2 aliphatic heterocycles. The van der Waals surface area contributed by atoms with Gasteiger partial charge in [0, 0.05) is 24.7 Å². The summed E-state index contributed by atoms with van der Waals surface area (Å²) in [5.41, 5.74) is 0.760. The van der Waals surface area contributed by atoms with Crippen LogP contribution >= 0.6 is 0 Å². The van der Waals surface area contributed by atoms with E-state index in [1.54, 1.807) is 7.11 Å². The lowest BCUT2D eigenvalue weighted by Gasteiger charge is -2.41. The second-order valence-electron chi connectivity index (χ2n) is 7.58. The van der Waals surface area contributed by atoms with E-state index in [4.69, 9.17) is 24.5 Å². The summed E-state index contributed by atoms with van der Waals surface area (Å²) in [4.78, 5) is 35.4. The van der Waals surface area contributed by atoms with Gasteiger partial charge in [0.25, 0.3) is 5.91 Å². The molecule has 0 saturated carbocycles. The highest BCUT2D eigenvalue weighted by Crippen LogP contribution is 2.24. The number of carboxylic acids is 2. The number of piperidine rings is 2. The molecule has 160 valence electrons. The van der Waals surface area contributed by atoms with E-state index in [0.29, 0.717) is 6.04 Å². The Kier molecular flexibility index (Phi) is 8.45. The van der Waals surface area contributed by atoms with Gasteiger partial charge < -0.3 is 24.7 Å². The van der Waals surface area contributed by atoms with Crippen molar-refractivity contribution in [2.24, 2.45) is 5.92 Å². The number of hydrogen-bond acceptors (Lipinski definition) is 5. The highest BCUT2D eigenvalue weighted by molar-refractivity contribution is 6.27. The van der Waals surface area contributed by atoms with Gasteiger partial charge in [0.2, 0.25) is 0 Å². The summed E-state index contributed by atoms with van der Waals surface area (Å²) < 4.78 is 5.15. The second kappa shape index (κ2) is 10.8. The maximum atomic E-state index is 12.6. The van der Waals surface area contributed by atoms with E-state index in [9.17, 15) is 4.79 Å². The van der Waals surface area contributed by atoms with Gasteiger partial charge in [0.05, 0.1) is 7.11 Å². The van der Waals surface area contributed by atoms with Crippen molar-refractivity contribution in [1.29, 1.82) is 0 Å². The van der Waals surface area contributed by atoms with Crippen LogP contribution in [0.15, 0.2) is 24.3 Å². The first-order chi connectivity index (χ1) is 13.8. The van der Waals surface area contributed by atoms with Gasteiger partial charge in [0.1, 0.15) is 5.75 Å². The summed E-state index contributed by atoms with van der Waals surface area (Å²) in [6, 6.07) is 8.10. The minimum absolute atomic E-state index is 0.151. The van der Waals surface area contributed by atoms with Crippen LogP contribution in [0.25, 0.3) is 0 Å². The predicted molar refractivity (Wildman–Crippen MR) is 107 cm³/mol. The van der Waals surface area contributed by atoms with E-state index in [0.717, 1.165) is 43.2 Å². The van der Waals surface area contributed by atoms with Gasteiger partial charge in [0.15, 0.2) is 0 Å². The molecule has 1 amide bonds. The second-order valence-corrected chi connectivity index (χ2v) is 7.58. The lowest BCUT2D eigenvalue weighted by atomic mass is 9.95. The number of benzene rings is 1. The van der Waals surface area contributed by atoms with Crippen molar-refractivity contribution in [3.8, 4) is 5.75 Å². The molecule has 1 aromatic carbocycles. The lowest BCUT2D eigenvalue weighted by Crippen LogP contribution is -2.48. The monoisotopic (exact) mass is 406 g/mol. The minimum Gasteiger partial charge on any atom is -0.497 e. The summed E-state index contributed by atoms with van der Waals surface area (Å²) in [6.07, 6.45) is 4.86. The molecule has 3 rings (SSSR count). The molecule has 0 bridgehead atoms. The van der Waals surface area contributed by atoms with Crippen LogP contribution in [-0.4, -0.2) is 77.2 Å². The first-order valence-electron chi connectivity index (χ1n) is 9.95. The van der Waals surface area contributed by atoms with Crippen LogP contribution in [0.5, 0.6) is 5.75 Å². The largest absolute Gasteiger partial charge is 0.497 e. The van der Waals surface area contributed by atoms with Gasteiger partial charge >= 0.3 is 11.9 Å². The van der Waals surface area contributed by atoms with Crippen molar-refractivity contribution in [2.75, 3.05) is 33.3 Å². The van der Waals surface area contributed by atoms with Crippen molar-refractivity contribution in [2.45, 2.75) is 38.6 Å². The summed E-state index contributed by atoms with van der Waals surface area (Å²) in [5, 5.41) is 14.8. The molecule has 0 spiro atoms. The third kappa shape index (κ3) is 6.74. The topological polar surface area (TPSA) is 107 Å². The van der Waals surface area contributed by atoms with Gasteiger partial charge in [-0.25, -0.2) is 9.59 Å². The summed E-state index contributed by atoms with van der Waals surface area (Å²) in [5.74, 6) is -1.83. The molecule has 0 radical (unpaired) electrons. The molecule has 0 atom stereocenters. The molecule has 2 fully saturated rings. The number of amides is 1. The third-order valence-corrected chi connectivity index (χ3v) is 5.61. The molecular weight excluding hydrogens is 376 g/mol. The molecule has 2 saturated heterocycles. The van der Waals surface area contributed by atoms with E-state index >= 15 is 0 Å². The molecule has 0 aromatic heterocycles. The molecule has 8 nitrogen and oxygen atoms in total. The summed E-state index contributed by atoms with van der Waals surface area (Å²) in [7, 11) is 1.64. The Hall–Kier alpha value is -2.61. The SMILES string of the molecule is COc1ccc(C(=O)N2CCC(N3CCC(C)CC3)CC2)cc1.O=C(O)C(=O)O. The quantitative estimate of drug-likeness (QED) is 0.741. The number of carbonyl (C=O) groups is 3. The fourth-order valence-electron chi connectivity index (χ4n) is 3.74. The Balaban J connectivity index is 0.000000438. The number of nitrogens with zero attached hydrogens (tertiary/aromatic N) is 2. The van der Waals surface area contributed by atoms with Crippen LogP contribution in [0, 0.1) is 5.92 Å². The molecule has 8 heteroatoms. The maximum Gasteiger partial charge on any atom is 0.414 e. The van der Waals surface area contributed by atoms with E-state index in [-0.39, 0.29) is 5.91 Å². The van der Waals surface area contributed by atoms with E-state index < -0.39 is 11.9 Å². The van der Waals surface area contributed by atoms with E-state index in [2.05, 4.69) is 11.8 Å². The summed E-state index contributed by atoms with van der Waals surface area (Å²) >= 11 is 0. The standard InChI is InChI=1S/C19H28N2O2.C2H2O4/c1-15-7-11-20(12-8-15)17-9-13-21(14-10-17)19(22)16-3-5-18(23-2)6-4-16;3-1(4)2(5)6/h3-6,15,17H,7-14H2,1-2H3;(H,3,4)(H,5,6). The van der Waals surface area contributed by atoms with Crippen molar-refractivity contribution in [3.05, 3.63) is 29.8 Å². The van der Waals surface area contributed by atoms with Crippen LogP contribution in [0.4, 0.5) is 0 Å². The fraction of sp³-hybridized carbons (Fsp3) is 0.571. The Morgan fingerprint density at radius 3 is 1.86 bits per heavy atom. The summed E-state index contributed by atoms with van der Waals surface area (Å²) in [6.45, 7) is 6.58.